The zero-order chi connectivity index (χ0) is 26.6. The molecule has 0 saturated carbocycles. The molecule has 0 atom stereocenters. The van der Waals surface area contributed by atoms with E-state index in [2.05, 4.69) is 5.32 Å². The normalized spacial score (nSPS) is 13.5. The Kier molecular flexibility index (Phi) is 8.04. The minimum Gasteiger partial charge on any atom is -0.492 e. The molecule has 1 heterocycles. The second-order valence-corrected chi connectivity index (χ2v) is 10.9. The summed E-state index contributed by atoms with van der Waals surface area (Å²) < 4.78 is 34.1. The van der Waals surface area contributed by atoms with Crippen molar-refractivity contribution in [1.82, 2.24) is 0 Å². The highest BCUT2D eigenvalue weighted by molar-refractivity contribution is 7.92. The molecule has 3 aromatic carbocycles. The number of hydrogen-bond donors (Lipinski definition) is 1. The van der Waals surface area contributed by atoms with Gasteiger partial charge in [-0.3, -0.25) is 13.9 Å². The highest BCUT2D eigenvalue weighted by atomic mass is 35.5. The number of aryl methyl sites for hydroxylation is 1. The Labute approximate surface area is 221 Å². The van der Waals surface area contributed by atoms with Gasteiger partial charge in [0.1, 0.15) is 12.3 Å². The molecule has 4 rings (SSSR count). The fourth-order valence-corrected chi connectivity index (χ4v) is 5.74. The van der Waals surface area contributed by atoms with Gasteiger partial charge in [0, 0.05) is 29.4 Å². The number of carbonyl (C=O) groups is 2. The van der Waals surface area contributed by atoms with Crippen molar-refractivity contribution in [3.05, 3.63) is 77.3 Å². The van der Waals surface area contributed by atoms with E-state index in [1.807, 2.05) is 13.0 Å². The molecule has 1 saturated heterocycles. The first-order valence-electron chi connectivity index (χ1n) is 11.9. The second-order valence-electron chi connectivity index (χ2n) is 8.56. The first-order chi connectivity index (χ1) is 17.7. The highest BCUT2D eigenvalue weighted by Gasteiger charge is 2.30. The Bertz CT molecular complexity index is 1410. The van der Waals surface area contributed by atoms with E-state index < -0.39 is 22.5 Å². The molecule has 37 heavy (non-hydrogen) atoms. The maximum Gasteiger partial charge on any atom is 0.264 e. The van der Waals surface area contributed by atoms with Gasteiger partial charge in [0.05, 0.1) is 17.2 Å². The van der Waals surface area contributed by atoms with Gasteiger partial charge in [-0.25, -0.2) is 8.42 Å². The van der Waals surface area contributed by atoms with E-state index in [0.717, 1.165) is 22.0 Å². The molecule has 1 N–H and O–H groups in total. The SMILES string of the molecule is CCOc1ccccc1N(CC(=O)Nc1ccc(C)c(N2CCCC2=O)c1)S(=O)(=O)c1ccc(Cl)cc1. The van der Waals surface area contributed by atoms with Crippen LogP contribution in [-0.4, -0.2) is 39.9 Å². The predicted octanol–water partition coefficient (Wildman–Crippen LogP) is 5.01. The molecule has 1 aliphatic rings. The minimum absolute atomic E-state index is 0.0128. The average molecular weight is 542 g/mol. The van der Waals surface area contributed by atoms with E-state index in [9.17, 15) is 18.0 Å². The molecule has 1 aliphatic heterocycles. The molecule has 10 heteroatoms. The third-order valence-corrected chi connectivity index (χ3v) is 8.01. The number of nitrogens with zero attached hydrogens (tertiary/aromatic N) is 2. The first-order valence-corrected chi connectivity index (χ1v) is 13.7. The smallest absolute Gasteiger partial charge is 0.264 e. The molecule has 0 unspecified atom stereocenters. The van der Waals surface area contributed by atoms with Gasteiger partial charge in [-0.15, -0.1) is 0 Å². The molecule has 194 valence electrons. The number of ether oxygens (including phenoxy) is 1. The van der Waals surface area contributed by atoms with Crippen molar-refractivity contribution in [2.24, 2.45) is 0 Å². The Morgan fingerprint density at radius 2 is 1.84 bits per heavy atom. The number of benzene rings is 3. The summed E-state index contributed by atoms with van der Waals surface area (Å²) in [4.78, 5) is 27.2. The number of amides is 2. The number of sulfonamides is 1. The van der Waals surface area contributed by atoms with Crippen molar-refractivity contribution in [2.75, 3.05) is 34.2 Å². The summed E-state index contributed by atoms with van der Waals surface area (Å²) in [5.74, 6) is -0.175. The van der Waals surface area contributed by atoms with E-state index in [0.29, 0.717) is 36.0 Å². The van der Waals surface area contributed by atoms with Gasteiger partial charge in [-0.1, -0.05) is 29.8 Å². The third-order valence-electron chi connectivity index (χ3n) is 5.98. The standard InChI is InChI=1S/C27H28ClN3O5S/c1-3-36-25-8-5-4-7-23(25)31(37(34,35)22-14-11-20(28)12-15-22)18-26(32)29-21-13-10-19(2)24(17-21)30-16-6-9-27(30)33/h4-5,7-8,10-15,17H,3,6,9,16,18H2,1-2H3,(H,29,32). The number of carbonyl (C=O) groups excluding carboxylic acids is 2. The van der Waals surface area contributed by atoms with Gasteiger partial charge in [0.25, 0.3) is 10.0 Å². The van der Waals surface area contributed by atoms with Gasteiger partial charge < -0.3 is 15.0 Å². The van der Waals surface area contributed by atoms with E-state index in [4.69, 9.17) is 16.3 Å². The van der Waals surface area contributed by atoms with Crippen molar-refractivity contribution in [1.29, 1.82) is 0 Å². The Hall–Kier alpha value is -3.56. The minimum atomic E-state index is -4.15. The van der Waals surface area contributed by atoms with Crippen molar-refractivity contribution in [2.45, 2.75) is 31.6 Å². The summed E-state index contributed by atoms with van der Waals surface area (Å²) in [5, 5.41) is 3.18. The molecular weight excluding hydrogens is 514 g/mol. The van der Waals surface area contributed by atoms with E-state index in [-0.39, 0.29) is 16.5 Å². The molecule has 0 aromatic heterocycles. The zero-order valence-corrected chi connectivity index (χ0v) is 22.2. The van der Waals surface area contributed by atoms with Crippen molar-refractivity contribution in [3.8, 4) is 5.75 Å². The van der Waals surface area contributed by atoms with Gasteiger partial charge in [0.2, 0.25) is 11.8 Å². The largest absolute Gasteiger partial charge is 0.492 e. The first kappa shape index (κ1) is 26.5. The van der Waals surface area contributed by atoms with E-state index in [1.54, 1.807) is 48.2 Å². The lowest BCUT2D eigenvalue weighted by atomic mass is 10.1. The molecule has 0 aliphatic carbocycles. The summed E-state index contributed by atoms with van der Waals surface area (Å²) in [6.07, 6.45) is 1.28. The molecular formula is C27H28ClN3O5S. The highest BCUT2D eigenvalue weighted by Crippen LogP contribution is 2.33. The second kappa shape index (κ2) is 11.2. The molecule has 0 spiro atoms. The molecule has 0 bridgehead atoms. The Morgan fingerprint density at radius 3 is 2.51 bits per heavy atom. The fourth-order valence-electron chi connectivity index (χ4n) is 4.19. The van der Waals surface area contributed by atoms with Crippen LogP contribution in [0.3, 0.4) is 0 Å². The maximum atomic E-state index is 13.7. The molecule has 2 amide bonds. The van der Waals surface area contributed by atoms with Crippen LogP contribution in [0.2, 0.25) is 5.02 Å². The zero-order valence-electron chi connectivity index (χ0n) is 20.6. The number of halogens is 1. The summed E-state index contributed by atoms with van der Waals surface area (Å²) in [5.41, 5.74) is 2.34. The summed E-state index contributed by atoms with van der Waals surface area (Å²) in [6, 6.07) is 17.7. The summed E-state index contributed by atoms with van der Waals surface area (Å²) in [6.45, 7) is 4.14. The number of nitrogens with one attached hydrogen (secondary N) is 1. The van der Waals surface area contributed by atoms with E-state index >= 15 is 0 Å². The van der Waals surface area contributed by atoms with Crippen molar-refractivity contribution < 1.29 is 22.7 Å². The Morgan fingerprint density at radius 1 is 1.11 bits per heavy atom. The average Bonchev–Trinajstić information content (AvgIpc) is 3.30. The Balaban J connectivity index is 1.66. The van der Waals surface area contributed by atoms with Crippen LogP contribution in [-0.2, 0) is 19.6 Å². The molecule has 1 fully saturated rings. The molecule has 3 aromatic rings. The van der Waals surface area contributed by atoms with Gasteiger partial charge >= 0.3 is 0 Å². The number of rotatable bonds is 9. The number of para-hydroxylation sites is 2. The lowest BCUT2D eigenvalue weighted by Gasteiger charge is -2.26. The van der Waals surface area contributed by atoms with Crippen molar-refractivity contribution in [3.63, 3.8) is 0 Å². The lowest BCUT2D eigenvalue weighted by molar-refractivity contribution is -0.117. The fraction of sp³-hybridized carbons (Fsp3) is 0.259. The third kappa shape index (κ3) is 5.89. The monoisotopic (exact) mass is 541 g/mol. The topological polar surface area (TPSA) is 96.0 Å². The van der Waals surface area contributed by atoms with Gasteiger partial charge in [0.15, 0.2) is 0 Å². The number of anilines is 3. The van der Waals surface area contributed by atoms with Crippen LogP contribution >= 0.6 is 11.6 Å². The van der Waals surface area contributed by atoms with Gasteiger partial charge in [-0.05, 0) is 74.4 Å². The van der Waals surface area contributed by atoms with E-state index in [1.165, 1.54) is 24.3 Å². The molecule has 0 radical (unpaired) electrons. The van der Waals surface area contributed by atoms with Crippen LogP contribution in [0.15, 0.2) is 71.6 Å². The van der Waals surface area contributed by atoms with Crippen LogP contribution < -0.4 is 19.3 Å². The van der Waals surface area contributed by atoms with Crippen LogP contribution in [0.4, 0.5) is 17.1 Å². The quantitative estimate of drug-likeness (QED) is 0.411. The van der Waals surface area contributed by atoms with Crippen LogP contribution in [0.1, 0.15) is 25.3 Å². The maximum absolute atomic E-state index is 13.7. The lowest BCUT2D eigenvalue weighted by Crippen LogP contribution is -2.38. The van der Waals surface area contributed by atoms with Crippen molar-refractivity contribution >= 4 is 50.5 Å². The summed E-state index contributed by atoms with van der Waals surface area (Å²) in [7, 11) is -4.15. The van der Waals surface area contributed by atoms with Gasteiger partial charge in [-0.2, -0.15) is 0 Å². The predicted molar refractivity (Wildman–Crippen MR) is 145 cm³/mol. The van der Waals surface area contributed by atoms with Crippen LogP contribution in [0, 0.1) is 6.92 Å². The molecule has 8 nitrogen and oxygen atoms in total. The van der Waals surface area contributed by atoms with Crippen LogP contribution in [0.5, 0.6) is 5.75 Å². The van der Waals surface area contributed by atoms with Crippen LogP contribution in [0.25, 0.3) is 0 Å². The number of hydrogen-bond acceptors (Lipinski definition) is 5. The summed E-state index contributed by atoms with van der Waals surface area (Å²) >= 11 is 5.96.